The van der Waals surface area contributed by atoms with E-state index in [0.29, 0.717) is 5.92 Å². The number of carboxylic acid groups (broad SMARTS) is 1. The van der Waals surface area contributed by atoms with Gasteiger partial charge in [-0.3, -0.25) is 4.79 Å². The SMILES string of the molecule is Cc1ccc(N2CCC(Cc3ccc(CC(=O)O)cc3)C2)nc1. The first-order valence-electron chi connectivity index (χ1n) is 8.07. The average Bonchev–Trinajstić information content (AvgIpc) is 2.98. The second kappa shape index (κ2) is 6.82. The zero-order chi connectivity index (χ0) is 16.2. The Balaban J connectivity index is 1.57. The fourth-order valence-corrected chi connectivity index (χ4v) is 3.16. The van der Waals surface area contributed by atoms with Gasteiger partial charge in [0.15, 0.2) is 0 Å². The Kier molecular flexibility index (Phi) is 4.60. The molecule has 1 fully saturated rings. The molecule has 1 aromatic heterocycles. The lowest BCUT2D eigenvalue weighted by Crippen LogP contribution is -2.21. The molecule has 4 nitrogen and oxygen atoms in total. The van der Waals surface area contributed by atoms with Gasteiger partial charge in [0.05, 0.1) is 6.42 Å². The molecule has 1 saturated heterocycles. The average molecular weight is 310 g/mol. The molecule has 4 heteroatoms. The van der Waals surface area contributed by atoms with Crippen molar-refractivity contribution in [1.82, 2.24) is 4.98 Å². The Morgan fingerprint density at radius 3 is 2.61 bits per heavy atom. The number of carboxylic acids is 1. The summed E-state index contributed by atoms with van der Waals surface area (Å²) in [4.78, 5) is 17.6. The van der Waals surface area contributed by atoms with E-state index in [0.717, 1.165) is 30.9 Å². The van der Waals surface area contributed by atoms with Crippen LogP contribution in [0.2, 0.25) is 0 Å². The van der Waals surface area contributed by atoms with Gasteiger partial charge in [-0.2, -0.15) is 0 Å². The highest BCUT2D eigenvalue weighted by Gasteiger charge is 2.23. The number of anilines is 1. The molecule has 1 unspecified atom stereocenters. The molecule has 3 rings (SSSR count). The van der Waals surface area contributed by atoms with E-state index in [-0.39, 0.29) is 6.42 Å². The summed E-state index contributed by atoms with van der Waals surface area (Å²) in [5.74, 6) is 0.910. The molecule has 0 saturated carbocycles. The van der Waals surface area contributed by atoms with Crippen LogP contribution in [0, 0.1) is 12.8 Å². The minimum absolute atomic E-state index is 0.0938. The second-order valence-corrected chi connectivity index (χ2v) is 6.39. The molecule has 1 aliphatic heterocycles. The minimum atomic E-state index is -0.783. The van der Waals surface area contributed by atoms with Crippen LogP contribution in [-0.2, 0) is 17.6 Å². The van der Waals surface area contributed by atoms with Gasteiger partial charge in [-0.15, -0.1) is 0 Å². The zero-order valence-corrected chi connectivity index (χ0v) is 13.4. The number of aliphatic carboxylic acids is 1. The highest BCUT2D eigenvalue weighted by Crippen LogP contribution is 2.25. The van der Waals surface area contributed by atoms with Gasteiger partial charge in [0.1, 0.15) is 5.82 Å². The number of carbonyl (C=O) groups is 1. The number of hydrogen-bond donors (Lipinski definition) is 1. The molecule has 2 heterocycles. The number of hydrogen-bond acceptors (Lipinski definition) is 3. The summed E-state index contributed by atoms with van der Waals surface area (Å²) in [6.45, 7) is 4.14. The number of aromatic nitrogens is 1. The van der Waals surface area contributed by atoms with Crippen LogP contribution in [0.1, 0.15) is 23.1 Å². The van der Waals surface area contributed by atoms with E-state index in [4.69, 9.17) is 5.11 Å². The Labute approximate surface area is 136 Å². The van der Waals surface area contributed by atoms with Crippen molar-refractivity contribution in [2.75, 3.05) is 18.0 Å². The van der Waals surface area contributed by atoms with Gasteiger partial charge in [-0.25, -0.2) is 4.98 Å². The summed E-state index contributed by atoms with van der Waals surface area (Å²) in [5.41, 5.74) is 3.33. The van der Waals surface area contributed by atoms with Crippen LogP contribution in [0.3, 0.4) is 0 Å². The monoisotopic (exact) mass is 310 g/mol. The molecule has 23 heavy (non-hydrogen) atoms. The molecule has 0 spiro atoms. The fraction of sp³-hybridized carbons (Fsp3) is 0.368. The maximum atomic E-state index is 10.7. The normalized spacial score (nSPS) is 17.4. The predicted octanol–water partition coefficient (Wildman–Crippen LogP) is 3.09. The first kappa shape index (κ1) is 15.5. The molecular weight excluding hydrogens is 288 g/mol. The van der Waals surface area contributed by atoms with Gasteiger partial charge in [-0.1, -0.05) is 30.3 Å². The predicted molar refractivity (Wildman–Crippen MR) is 90.8 cm³/mol. The Hall–Kier alpha value is -2.36. The third kappa shape index (κ3) is 4.09. The van der Waals surface area contributed by atoms with Crippen molar-refractivity contribution >= 4 is 11.8 Å². The largest absolute Gasteiger partial charge is 0.481 e. The number of rotatable bonds is 5. The van der Waals surface area contributed by atoms with Crippen molar-refractivity contribution < 1.29 is 9.90 Å². The molecule has 2 aromatic rings. The molecule has 1 atom stereocenters. The number of aryl methyl sites for hydroxylation is 1. The summed E-state index contributed by atoms with van der Waals surface area (Å²) < 4.78 is 0. The number of benzene rings is 1. The molecular formula is C19H22N2O2. The topological polar surface area (TPSA) is 53.4 Å². The van der Waals surface area contributed by atoms with E-state index in [1.165, 1.54) is 17.5 Å². The molecule has 0 amide bonds. The summed E-state index contributed by atoms with van der Waals surface area (Å²) in [6, 6.07) is 12.2. The van der Waals surface area contributed by atoms with Gasteiger partial charge in [0, 0.05) is 19.3 Å². The van der Waals surface area contributed by atoms with Crippen LogP contribution < -0.4 is 4.90 Å². The van der Waals surface area contributed by atoms with Gasteiger partial charge in [0.2, 0.25) is 0 Å². The molecule has 0 aliphatic carbocycles. The highest BCUT2D eigenvalue weighted by molar-refractivity contribution is 5.70. The van der Waals surface area contributed by atoms with Crippen molar-refractivity contribution in [3.05, 3.63) is 59.3 Å². The highest BCUT2D eigenvalue weighted by atomic mass is 16.4. The quantitative estimate of drug-likeness (QED) is 0.922. The number of nitrogens with zero attached hydrogens (tertiary/aromatic N) is 2. The van der Waals surface area contributed by atoms with Crippen LogP contribution in [0.15, 0.2) is 42.6 Å². The van der Waals surface area contributed by atoms with E-state index in [9.17, 15) is 4.79 Å². The second-order valence-electron chi connectivity index (χ2n) is 6.39. The zero-order valence-electron chi connectivity index (χ0n) is 13.4. The summed E-state index contributed by atoms with van der Waals surface area (Å²) in [5, 5.41) is 8.81. The third-order valence-corrected chi connectivity index (χ3v) is 4.41. The van der Waals surface area contributed by atoms with E-state index < -0.39 is 5.97 Å². The van der Waals surface area contributed by atoms with Crippen molar-refractivity contribution in [2.24, 2.45) is 5.92 Å². The first-order valence-corrected chi connectivity index (χ1v) is 8.07. The molecule has 0 radical (unpaired) electrons. The van der Waals surface area contributed by atoms with Gasteiger partial charge in [-0.05, 0) is 48.4 Å². The lowest BCUT2D eigenvalue weighted by atomic mass is 9.97. The lowest BCUT2D eigenvalue weighted by Gasteiger charge is -2.17. The Morgan fingerprint density at radius 1 is 1.22 bits per heavy atom. The van der Waals surface area contributed by atoms with Crippen LogP contribution in [-0.4, -0.2) is 29.1 Å². The molecule has 0 bridgehead atoms. The van der Waals surface area contributed by atoms with Crippen molar-refractivity contribution in [2.45, 2.75) is 26.2 Å². The van der Waals surface area contributed by atoms with Crippen LogP contribution in [0.4, 0.5) is 5.82 Å². The smallest absolute Gasteiger partial charge is 0.307 e. The van der Waals surface area contributed by atoms with E-state index in [1.54, 1.807) is 0 Å². The van der Waals surface area contributed by atoms with Crippen molar-refractivity contribution in [3.63, 3.8) is 0 Å². The van der Waals surface area contributed by atoms with E-state index in [2.05, 4.69) is 41.1 Å². The van der Waals surface area contributed by atoms with Crippen LogP contribution in [0.5, 0.6) is 0 Å². The number of pyridine rings is 1. The summed E-state index contributed by atoms with van der Waals surface area (Å²) in [7, 11) is 0. The first-order chi connectivity index (χ1) is 11.1. The van der Waals surface area contributed by atoms with Crippen molar-refractivity contribution in [1.29, 1.82) is 0 Å². The molecule has 120 valence electrons. The van der Waals surface area contributed by atoms with Gasteiger partial charge >= 0.3 is 5.97 Å². The minimum Gasteiger partial charge on any atom is -0.481 e. The van der Waals surface area contributed by atoms with Crippen LogP contribution in [0.25, 0.3) is 0 Å². The maximum absolute atomic E-state index is 10.7. The van der Waals surface area contributed by atoms with Crippen LogP contribution >= 0.6 is 0 Å². The van der Waals surface area contributed by atoms with Gasteiger partial charge in [0.25, 0.3) is 0 Å². The molecule has 1 aliphatic rings. The van der Waals surface area contributed by atoms with E-state index in [1.807, 2.05) is 18.3 Å². The molecule has 1 N–H and O–H groups in total. The standard InChI is InChI=1S/C19H22N2O2/c1-14-2-7-18(20-12-14)21-9-8-17(13-21)10-15-3-5-16(6-4-15)11-19(22)23/h2-7,12,17H,8-11,13H2,1H3,(H,22,23). The van der Waals surface area contributed by atoms with Gasteiger partial charge < -0.3 is 10.0 Å². The molecule has 1 aromatic carbocycles. The lowest BCUT2D eigenvalue weighted by molar-refractivity contribution is -0.136. The Morgan fingerprint density at radius 2 is 1.96 bits per heavy atom. The summed E-state index contributed by atoms with van der Waals surface area (Å²) >= 11 is 0. The van der Waals surface area contributed by atoms with Crippen molar-refractivity contribution in [3.8, 4) is 0 Å². The third-order valence-electron chi connectivity index (χ3n) is 4.41. The fourth-order valence-electron chi connectivity index (χ4n) is 3.16. The Bertz CT molecular complexity index is 665. The maximum Gasteiger partial charge on any atom is 0.307 e. The summed E-state index contributed by atoms with van der Waals surface area (Å²) in [6.07, 6.45) is 4.22. The van der Waals surface area contributed by atoms with E-state index >= 15 is 0 Å².